The molecule has 0 saturated heterocycles. The number of pyridine rings is 1. The van der Waals surface area contributed by atoms with Gasteiger partial charge in [-0.25, -0.2) is 4.98 Å². The first-order chi connectivity index (χ1) is 8.28. The van der Waals surface area contributed by atoms with E-state index in [2.05, 4.69) is 14.1 Å². The van der Waals surface area contributed by atoms with Crippen molar-refractivity contribution in [2.45, 2.75) is 19.7 Å². The molecule has 5 heteroatoms. The third-order valence-electron chi connectivity index (χ3n) is 2.94. The number of nitrogens with zero attached hydrogens (tertiary/aromatic N) is 3. The smallest absolute Gasteiger partial charge is 0.182 e. The van der Waals surface area contributed by atoms with Crippen LogP contribution in [0.25, 0.3) is 11.5 Å². The second kappa shape index (κ2) is 3.85. The highest BCUT2D eigenvalue weighted by Gasteiger charge is 2.17. The number of rotatable bonds is 2. The highest BCUT2D eigenvalue weighted by Crippen LogP contribution is 2.22. The number of imidazole rings is 1. The standard InChI is InChI=1S/C12H13N3O2/c1-17-8-9-7-15-5-4-14-3-2-10(16)6-11(14)12(15)13-9/h2-3,6-7H,4-5,8H2,1H3. The highest BCUT2D eigenvalue weighted by molar-refractivity contribution is 5.52. The molecule has 3 rings (SSSR count). The molecular formula is C12H13N3O2. The fourth-order valence-electron chi connectivity index (χ4n) is 2.18. The second-order valence-electron chi connectivity index (χ2n) is 4.12. The summed E-state index contributed by atoms with van der Waals surface area (Å²) < 4.78 is 9.20. The predicted molar refractivity (Wildman–Crippen MR) is 62.6 cm³/mol. The van der Waals surface area contributed by atoms with E-state index in [1.807, 2.05) is 12.4 Å². The molecule has 0 aliphatic carbocycles. The van der Waals surface area contributed by atoms with Crippen LogP contribution in [0.4, 0.5) is 0 Å². The number of hydrogen-bond donors (Lipinski definition) is 0. The minimum atomic E-state index is 0.0148. The summed E-state index contributed by atoms with van der Waals surface area (Å²) >= 11 is 0. The molecule has 0 unspecified atom stereocenters. The van der Waals surface area contributed by atoms with E-state index in [-0.39, 0.29) is 5.43 Å². The van der Waals surface area contributed by atoms with Crippen molar-refractivity contribution < 1.29 is 4.74 Å². The summed E-state index contributed by atoms with van der Waals surface area (Å²) in [7, 11) is 1.65. The predicted octanol–water partition coefficient (Wildman–Crippen LogP) is 0.872. The van der Waals surface area contributed by atoms with Gasteiger partial charge in [0.1, 0.15) is 0 Å². The Balaban J connectivity index is 2.14. The third-order valence-corrected chi connectivity index (χ3v) is 2.94. The highest BCUT2D eigenvalue weighted by atomic mass is 16.5. The minimum absolute atomic E-state index is 0.0148. The van der Waals surface area contributed by atoms with E-state index in [0.29, 0.717) is 6.61 Å². The Bertz CT molecular complexity index is 612. The van der Waals surface area contributed by atoms with E-state index in [4.69, 9.17) is 4.74 Å². The molecule has 3 heterocycles. The lowest BCUT2D eigenvalue weighted by Gasteiger charge is -2.19. The summed E-state index contributed by atoms with van der Waals surface area (Å²) in [5.74, 6) is 0.848. The second-order valence-corrected chi connectivity index (χ2v) is 4.12. The molecule has 17 heavy (non-hydrogen) atoms. The van der Waals surface area contributed by atoms with Gasteiger partial charge in [0.15, 0.2) is 11.3 Å². The molecule has 0 saturated carbocycles. The van der Waals surface area contributed by atoms with Crippen molar-refractivity contribution in [3.8, 4) is 11.5 Å². The van der Waals surface area contributed by atoms with Gasteiger partial charge in [0, 0.05) is 44.7 Å². The van der Waals surface area contributed by atoms with Gasteiger partial charge in [-0.15, -0.1) is 0 Å². The van der Waals surface area contributed by atoms with Gasteiger partial charge in [-0.05, 0) is 0 Å². The van der Waals surface area contributed by atoms with Gasteiger partial charge in [0.05, 0.1) is 18.0 Å². The summed E-state index contributed by atoms with van der Waals surface area (Å²) in [6.07, 6.45) is 3.81. The molecule has 1 aliphatic rings. The van der Waals surface area contributed by atoms with Crippen LogP contribution in [0.3, 0.4) is 0 Å². The molecule has 2 aromatic rings. The molecule has 1 aliphatic heterocycles. The summed E-state index contributed by atoms with van der Waals surface area (Å²) in [5, 5.41) is 0. The maximum absolute atomic E-state index is 11.4. The quantitative estimate of drug-likeness (QED) is 0.770. The number of methoxy groups -OCH3 is 1. The maximum Gasteiger partial charge on any atom is 0.182 e. The van der Waals surface area contributed by atoms with Crippen LogP contribution < -0.4 is 5.43 Å². The van der Waals surface area contributed by atoms with Crippen molar-refractivity contribution in [2.75, 3.05) is 7.11 Å². The van der Waals surface area contributed by atoms with Crippen molar-refractivity contribution in [3.63, 3.8) is 0 Å². The molecule has 0 bridgehead atoms. The number of hydrogen-bond acceptors (Lipinski definition) is 3. The molecule has 88 valence electrons. The fourth-order valence-corrected chi connectivity index (χ4v) is 2.18. The number of aromatic nitrogens is 3. The lowest BCUT2D eigenvalue weighted by molar-refractivity contribution is 0.182. The molecular weight excluding hydrogens is 218 g/mol. The van der Waals surface area contributed by atoms with Crippen LogP contribution in [0.5, 0.6) is 0 Å². The lowest BCUT2D eigenvalue weighted by atomic mass is 10.2. The van der Waals surface area contributed by atoms with Gasteiger partial charge in [-0.1, -0.05) is 0 Å². The maximum atomic E-state index is 11.4. The Morgan fingerprint density at radius 3 is 3.06 bits per heavy atom. The third kappa shape index (κ3) is 1.68. The van der Waals surface area contributed by atoms with Crippen LogP contribution in [0.15, 0.2) is 29.3 Å². The normalized spacial score (nSPS) is 13.2. The molecule has 5 nitrogen and oxygen atoms in total. The number of aryl methyl sites for hydroxylation is 2. The van der Waals surface area contributed by atoms with Gasteiger partial charge in [-0.3, -0.25) is 4.79 Å². The van der Waals surface area contributed by atoms with Gasteiger partial charge in [0.25, 0.3) is 0 Å². The van der Waals surface area contributed by atoms with Crippen molar-refractivity contribution >= 4 is 0 Å². The summed E-state index contributed by atoms with van der Waals surface area (Å²) in [6, 6.07) is 3.22. The zero-order valence-corrected chi connectivity index (χ0v) is 9.59. The summed E-state index contributed by atoms with van der Waals surface area (Å²) in [5.41, 5.74) is 1.79. The topological polar surface area (TPSA) is 49.1 Å². The van der Waals surface area contributed by atoms with Gasteiger partial charge < -0.3 is 13.9 Å². The Hall–Kier alpha value is -1.88. The first-order valence-electron chi connectivity index (χ1n) is 5.54. The first kappa shape index (κ1) is 10.3. The Morgan fingerprint density at radius 1 is 1.41 bits per heavy atom. The molecule has 0 aromatic carbocycles. The van der Waals surface area contributed by atoms with Crippen LogP contribution in [0.1, 0.15) is 5.69 Å². The SMILES string of the molecule is COCc1cn2c(n1)-c1cc(=O)ccn1CC2. The van der Waals surface area contributed by atoms with Gasteiger partial charge >= 0.3 is 0 Å². The molecule has 0 amide bonds. The first-order valence-corrected chi connectivity index (χ1v) is 5.54. The molecule has 0 N–H and O–H groups in total. The molecule has 0 atom stereocenters. The Morgan fingerprint density at radius 2 is 2.24 bits per heavy atom. The van der Waals surface area contributed by atoms with E-state index < -0.39 is 0 Å². The van der Waals surface area contributed by atoms with Gasteiger partial charge in [-0.2, -0.15) is 0 Å². The van der Waals surface area contributed by atoms with Crippen molar-refractivity contribution in [2.24, 2.45) is 0 Å². The average molecular weight is 231 g/mol. The molecule has 0 fully saturated rings. The Labute approximate surface area is 98.3 Å². The van der Waals surface area contributed by atoms with Gasteiger partial charge in [0.2, 0.25) is 0 Å². The minimum Gasteiger partial charge on any atom is -0.378 e. The lowest BCUT2D eigenvalue weighted by Crippen LogP contribution is -2.19. The van der Waals surface area contributed by atoms with Crippen LogP contribution in [-0.4, -0.2) is 21.2 Å². The monoisotopic (exact) mass is 231 g/mol. The molecule has 0 spiro atoms. The van der Waals surface area contributed by atoms with E-state index in [1.165, 1.54) is 0 Å². The van der Waals surface area contributed by atoms with E-state index in [1.54, 1.807) is 19.2 Å². The summed E-state index contributed by atoms with van der Waals surface area (Å²) in [4.78, 5) is 15.9. The summed E-state index contributed by atoms with van der Waals surface area (Å²) in [6.45, 7) is 2.24. The van der Waals surface area contributed by atoms with Crippen molar-refractivity contribution in [1.82, 2.24) is 14.1 Å². The number of fused-ring (bicyclic) bond motifs is 3. The van der Waals surface area contributed by atoms with E-state index >= 15 is 0 Å². The van der Waals surface area contributed by atoms with Crippen molar-refractivity contribution in [1.29, 1.82) is 0 Å². The van der Waals surface area contributed by atoms with Crippen LogP contribution in [0, 0.1) is 0 Å². The fraction of sp³-hybridized carbons (Fsp3) is 0.333. The van der Waals surface area contributed by atoms with E-state index in [9.17, 15) is 4.79 Å². The van der Waals surface area contributed by atoms with E-state index in [0.717, 1.165) is 30.3 Å². The Kier molecular flexibility index (Phi) is 2.33. The van der Waals surface area contributed by atoms with Crippen LogP contribution in [0.2, 0.25) is 0 Å². The molecule has 0 radical (unpaired) electrons. The van der Waals surface area contributed by atoms with Crippen LogP contribution >= 0.6 is 0 Å². The zero-order valence-electron chi connectivity index (χ0n) is 9.59. The van der Waals surface area contributed by atoms with Crippen LogP contribution in [-0.2, 0) is 24.4 Å². The average Bonchev–Trinajstić information content (AvgIpc) is 2.72. The van der Waals surface area contributed by atoms with Crippen molar-refractivity contribution in [3.05, 3.63) is 40.4 Å². The zero-order chi connectivity index (χ0) is 11.8. The number of ether oxygens (including phenoxy) is 1. The molecule has 2 aromatic heterocycles. The largest absolute Gasteiger partial charge is 0.378 e.